The predicted molar refractivity (Wildman–Crippen MR) is 111 cm³/mol. The van der Waals surface area contributed by atoms with Gasteiger partial charge >= 0.3 is 0 Å². The van der Waals surface area contributed by atoms with Crippen molar-refractivity contribution in [1.29, 1.82) is 0 Å². The Bertz CT molecular complexity index is 959. The smallest absolute Gasteiger partial charge is 0.143 e. The van der Waals surface area contributed by atoms with E-state index in [4.69, 9.17) is 16.6 Å². The fourth-order valence-corrected chi connectivity index (χ4v) is 5.97. The molecule has 1 unspecified atom stereocenters. The summed E-state index contributed by atoms with van der Waals surface area (Å²) in [6, 6.07) is 0. The number of aliphatic hydroxyl groups is 1. The van der Waals surface area contributed by atoms with Gasteiger partial charge in [-0.05, 0) is 36.8 Å². The summed E-state index contributed by atoms with van der Waals surface area (Å²) in [7, 11) is -1.02. The van der Waals surface area contributed by atoms with Crippen LogP contribution in [0.15, 0.2) is 17.3 Å². The van der Waals surface area contributed by atoms with Crippen molar-refractivity contribution in [2.45, 2.75) is 55.6 Å². The molecule has 0 radical (unpaired) electrons. The van der Waals surface area contributed by atoms with Crippen LogP contribution in [0.1, 0.15) is 41.9 Å². The zero-order valence-corrected chi connectivity index (χ0v) is 17.7. The summed E-state index contributed by atoms with van der Waals surface area (Å²) < 4.78 is 12.7. The van der Waals surface area contributed by atoms with Crippen molar-refractivity contribution in [3.8, 4) is 0 Å². The Labute approximate surface area is 177 Å². The van der Waals surface area contributed by atoms with Gasteiger partial charge in [0, 0.05) is 44.2 Å². The van der Waals surface area contributed by atoms with Gasteiger partial charge in [-0.2, -0.15) is 0 Å². The maximum atomic E-state index is 12.7. The van der Waals surface area contributed by atoms with E-state index in [0.29, 0.717) is 10.8 Å². The largest absolute Gasteiger partial charge is 0.394 e. The van der Waals surface area contributed by atoms with E-state index in [-0.39, 0.29) is 12.1 Å². The van der Waals surface area contributed by atoms with Crippen LogP contribution in [0.25, 0.3) is 0 Å². The lowest BCUT2D eigenvalue weighted by Gasteiger charge is -2.41. The fourth-order valence-electron chi connectivity index (χ4n) is 4.47. The normalized spacial score (nSPS) is 22.2. The summed E-state index contributed by atoms with van der Waals surface area (Å²) in [6.07, 6.45) is 7.79. The molecule has 0 saturated heterocycles. The summed E-state index contributed by atoms with van der Waals surface area (Å²) >= 11 is 5.86. The zero-order chi connectivity index (χ0) is 20.0. The first-order chi connectivity index (χ1) is 14.1. The molecule has 29 heavy (non-hydrogen) atoms. The Morgan fingerprint density at radius 1 is 1.24 bits per heavy atom. The average molecular weight is 434 g/mol. The van der Waals surface area contributed by atoms with Crippen molar-refractivity contribution in [1.82, 2.24) is 19.9 Å². The molecule has 2 N–H and O–H groups in total. The molecular formula is C20H24ClN5O2S. The monoisotopic (exact) mass is 433 g/mol. The van der Waals surface area contributed by atoms with Crippen LogP contribution in [-0.2, 0) is 36.7 Å². The van der Waals surface area contributed by atoms with E-state index in [2.05, 4.69) is 20.2 Å². The Kier molecular flexibility index (Phi) is 5.06. The second kappa shape index (κ2) is 7.58. The Hall–Kier alpha value is -1.61. The molecule has 4 heterocycles. The lowest BCUT2D eigenvalue weighted by atomic mass is 9.77. The third kappa shape index (κ3) is 3.56. The average Bonchev–Trinajstić information content (AvgIpc) is 3.27. The number of hydrogen-bond acceptors (Lipinski definition) is 7. The minimum Gasteiger partial charge on any atom is -0.394 e. The van der Waals surface area contributed by atoms with Gasteiger partial charge in [-0.15, -0.1) is 0 Å². The van der Waals surface area contributed by atoms with E-state index in [0.717, 1.165) is 74.0 Å². The molecule has 1 fully saturated rings. The molecule has 0 amide bonds. The number of pyridine rings is 1. The number of halogens is 1. The molecule has 1 saturated carbocycles. The molecule has 154 valence electrons. The van der Waals surface area contributed by atoms with Gasteiger partial charge in [-0.1, -0.05) is 11.6 Å². The Morgan fingerprint density at radius 2 is 2.03 bits per heavy atom. The number of nitrogens with zero attached hydrogens (tertiary/aromatic N) is 4. The molecule has 0 spiro atoms. The van der Waals surface area contributed by atoms with Gasteiger partial charge in [0.1, 0.15) is 11.6 Å². The maximum absolute atomic E-state index is 12.7. The summed E-state index contributed by atoms with van der Waals surface area (Å²) in [4.78, 5) is 16.7. The van der Waals surface area contributed by atoms with Crippen molar-refractivity contribution < 1.29 is 9.32 Å². The SMILES string of the molecule is O=S1CCc2c3c(nc(NC4(CO)CCC4)c21)CN(CCc1ncc(Cl)cn1)C3. The molecule has 0 bridgehead atoms. The van der Waals surface area contributed by atoms with Gasteiger partial charge in [0.2, 0.25) is 0 Å². The molecule has 2 aromatic rings. The van der Waals surface area contributed by atoms with Crippen LogP contribution >= 0.6 is 11.6 Å². The van der Waals surface area contributed by atoms with E-state index in [1.54, 1.807) is 12.4 Å². The molecule has 0 aromatic carbocycles. The second-order valence-electron chi connectivity index (χ2n) is 8.19. The summed E-state index contributed by atoms with van der Waals surface area (Å²) in [5.74, 6) is 2.17. The van der Waals surface area contributed by atoms with Crippen LogP contribution < -0.4 is 5.32 Å². The predicted octanol–water partition coefficient (Wildman–Crippen LogP) is 2.07. The van der Waals surface area contributed by atoms with Crippen molar-refractivity contribution in [2.75, 3.05) is 24.2 Å². The summed E-state index contributed by atoms with van der Waals surface area (Å²) in [6.45, 7) is 2.50. The lowest BCUT2D eigenvalue weighted by Crippen LogP contribution is -2.48. The molecule has 3 aliphatic rings. The van der Waals surface area contributed by atoms with Gasteiger partial charge in [-0.25, -0.2) is 15.0 Å². The highest BCUT2D eigenvalue weighted by Crippen LogP contribution is 2.41. The Balaban J connectivity index is 1.37. The zero-order valence-electron chi connectivity index (χ0n) is 16.2. The van der Waals surface area contributed by atoms with Crippen molar-refractivity contribution >= 4 is 28.2 Å². The quantitative estimate of drug-likeness (QED) is 0.720. The van der Waals surface area contributed by atoms with Crippen molar-refractivity contribution in [3.63, 3.8) is 0 Å². The molecule has 5 rings (SSSR count). The maximum Gasteiger partial charge on any atom is 0.143 e. The van der Waals surface area contributed by atoms with Gasteiger partial charge in [0.15, 0.2) is 0 Å². The Morgan fingerprint density at radius 3 is 2.72 bits per heavy atom. The van der Waals surface area contributed by atoms with Crippen LogP contribution in [0.4, 0.5) is 5.82 Å². The van der Waals surface area contributed by atoms with Crippen LogP contribution in [0.2, 0.25) is 5.02 Å². The topological polar surface area (TPSA) is 91.2 Å². The third-order valence-corrected chi connectivity index (χ3v) is 7.96. The van der Waals surface area contributed by atoms with E-state index in [1.807, 2.05) is 0 Å². The van der Waals surface area contributed by atoms with Gasteiger partial charge in [-0.3, -0.25) is 9.11 Å². The highest BCUT2D eigenvalue weighted by atomic mass is 35.5. The number of hydrogen-bond donors (Lipinski definition) is 2. The molecule has 1 atom stereocenters. The number of aliphatic hydroxyl groups excluding tert-OH is 1. The number of rotatable bonds is 6. The molecule has 2 aliphatic heterocycles. The highest BCUT2D eigenvalue weighted by Gasteiger charge is 2.40. The third-order valence-electron chi connectivity index (χ3n) is 6.29. The molecular weight excluding hydrogens is 410 g/mol. The molecule has 1 aliphatic carbocycles. The number of nitrogens with one attached hydrogen (secondary N) is 1. The van der Waals surface area contributed by atoms with Crippen LogP contribution in [0, 0.1) is 0 Å². The van der Waals surface area contributed by atoms with E-state index in [9.17, 15) is 9.32 Å². The molecule has 7 nitrogen and oxygen atoms in total. The summed E-state index contributed by atoms with van der Waals surface area (Å²) in [5, 5.41) is 13.9. The number of anilines is 1. The van der Waals surface area contributed by atoms with Crippen LogP contribution in [0.5, 0.6) is 0 Å². The van der Waals surface area contributed by atoms with Gasteiger partial charge in [0.05, 0.1) is 38.6 Å². The van der Waals surface area contributed by atoms with Gasteiger partial charge in [0.25, 0.3) is 0 Å². The van der Waals surface area contributed by atoms with Crippen molar-refractivity contribution in [2.24, 2.45) is 0 Å². The van der Waals surface area contributed by atoms with Crippen LogP contribution in [0.3, 0.4) is 0 Å². The number of fused-ring (bicyclic) bond motifs is 3. The minimum atomic E-state index is -1.02. The van der Waals surface area contributed by atoms with Crippen LogP contribution in [-0.4, -0.2) is 53.6 Å². The minimum absolute atomic E-state index is 0.0837. The van der Waals surface area contributed by atoms with E-state index in [1.165, 1.54) is 11.1 Å². The molecule has 9 heteroatoms. The number of aromatic nitrogens is 3. The highest BCUT2D eigenvalue weighted by molar-refractivity contribution is 7.85. The molecule has 2 aromatic heterocycles. The summed E-state index contributed by atoms with van der Waals surface area (Å²) in [5.41, 5.74) is 3.20. The van der Waals surface area contributed by atoms with E-state index < -0.39 is 10.8 Å². The first-order valence-corrected chi connectivity index (χ1v) is 11.8. The van der Waals surface area contributed by atoms with Gasteiger partial charge < -0.3 is 10.4 Å². The van der Waals surface area contributed by atoms with E-state index >= 15 is 0 Å². The second-order valence-corrected chi connectivity index (χ2v) is 10.1. The lowest BCUT2D eigenvalue weighted by molar-refractivity contribution is 0.143. The fraction of sp³-hybridized carbons (Fsp3) is 0.550. The van der Waals surface area contributed by atoms with Crippen molar-refractivity contribution in [3.05, 3.63) is 40.1 Å². The first-order valence-electron chi connectivity index (χ1n) is 10.1. The first kappa shape index (κ1) is 19.4. The standard InChI is InChI=1S/C20H24ClN5O2S/c21-13-8-22-17(23-9-13)2-6-26-10-15-14-3-7-29(28)18(14)19(24-16(15)11-26)25-20(12-27)4-1-5-20/h8-9,27H,1-7,10-12H2,(H,24,25).